The number of anilines is 1. The molecular formula is C11H20N4O2S. The first-order valence-corrected chi connectivity index (χ1v) is 6.31. The van der Waals surface area contributed by atoms with Gasteiger partial charge in [-0.05, 0) is 25.6 Å². The minimum atomic E-state index is 0.451. The highest BCUT2D eigenvalue weighted by Gasteiger charge is 2.00. The molecule has 0 amide bonds. The Morgan fingerprint density at radius 3 is 3.11 bits per heavy atom. The van der Waals surface area contributed by atoms with Crippen LogP contribution in [0.5, 0.6) is 0 Å². The standard InChI is InChI=1S/C11H20N4O2S/c1-3-17-9-15-8-10(7-13-15)14-11(18)12-5-4-6-16-2/h7-8H,3-6,9H2,1-2H3,(H2,12,14,18). The molecule has 0 unspecified atom stereocenters. The second-order valence-corrected chi connectivity index (χ2v) is 4.03. The first kappa shape index (κ1) is 14.9. The predicted molar refractivity (Wildman–Crippen MR) is 74.6 cm³/mol. The van der Waals surface area contributed by atoms with Crippen LogP contribution in [0.4, 0.5) is 5.69 Å². The van der Waals surface area contributed by atoms with Crippen molar-refractivity contribution in [2.75, 3.05) is 32.2 Å². The number of hydrogen-bond acceptors (Lipinski definition) is 4. The molecule has 0 saturated carbocycles. The zero-order chi connectivity index (χ0) is 13.2. The molecule has 0 spiro atoms. The third kappa shape index (κ3) is 5.95. The summed E-state index contributed by atoms with van der Waals surface area (Å²) in [6, 6.07) is 0. The molecule has 0 radical (unpaired) electrons. The number of ether oxygens (including phenoxy) is 2. The van der Waals surface area contributed by atoms with Crippen LogP contribution >= 0.6 is 12.2 Å². The molecule has 0 fully saturated rings. The lowest BCUT2D eigenvalue weighted by Crippen LogP contribution is -2.29. The van der Waals surface area contributed by atoms with Crippen molar-refractivity contribution in [3.05, 3.63) is 12.4 Å². The van der Waals surface area contributed by atoms with Gasteiger partial charge < -0.3 is 20.1 Å². The van der Waals surface area contributed by atoms with Crippen molar-refractivity contribution in [1.29, 1.82) is 0 Å². The van der Waals surface area contributed by atoms with Gasteiger partial charge in [-0.15, -0.1) is 0 Å². The average molecular weight is 272 g/mol. The van der Waals surface area contributed by atoms with E-state index in [0.29, 0.717) is 18.5 Å². The summed E-state index contributed by atoms with van der Waals surface area (Å²) in [6.45, 7) is 4.57. The van der Waals surface area contributed by atoms with Crippen molar-refractivity contribution in [3.63, 3.8) is 0 Å². The average Bonchev–Trinajstić information content (AvgIpc) is 2.80. The van der Waals surface area contributed by atoms with E-state index in [2.05, 4.69) is 15.7 Å². The molecule has 1 aromatic rings. The predicted octanol–water partition coefficient (Wildman–Crippen LogP) is 1.20. The number of nitrogens with zero attached hydrogens (tertiary/aromatic N) is 2. The number of rotatable bonds is 8. The molecule has 18 heavy (non-hydrogen) atoms. The molecular weight excluding hydrogens is 252 g/mol. The van der Waals surface area contributed by atoms with Gasteiger partial charge in [-0.3, -0.25) is 0 Å². The maximum atomic E-state index is 5.24. The summed E-state index contributed by atoms with van der Waals surface area (Å²) < 4.78 is 11.9. The van der Waals surface area contributed by atoms with E-state index in [1.807, 2.05) is 13.1 Å². The fraction of sp³-hybridized carbons (Fsp3) is 0.636. The van der Waals surface area contributed by atoms with Crippen molar-refractivity contribution in [1.82, 2.24) is 15.1 Å². The van der Waals surface area contributed by atoms with Gasteiger partial charge in [0.15, 0.2) is 5.11 Å². The largest absolute Gasteiger partial charge is 0.385 e. The van der Waals surface area contributed by atoms with Crippen LogP contribution in [0.25, 0.3) is 0 Å². The number of hydrogen-bond donors (Lipinski definition) is 2. The fourth-order valence-electron chi connectivity index (χ4n) is 1.28. The Kier molecular flexibility index (Phi) is 7.31. The molecule has 0 aliphatic carbocycles. The van der Waals surface area contributed by atoms with E-state index in [-0.39, 0.29) is 0 Å². The zero-order valence-corrected chi connectivity index (χ0v) is 11.6. The SMILES string of the molecule is CCOCn1cc(NC(=S)NCCCOC)cn1. The van der Waals surface area contributed by atoms with Crippen LogP contribution in [0.15, 0.2) is 12.4 Å². The topological polar surface area (TPSA) is 60.3 Å². The normalized spacial score (nSPS) is 10.3. The quantitative estimate of drug-likeness (QED) is 0.548. The van der Waals surface area contributed by atoms with Gasteiger partial charge in [-0.1, -0.05) is 0 Å². The lowest BCUT2D eigenvalue weighted by molar-refractivity contribution is 0.0792. The third-order valence-electron chi connectivity index (χ3n) is 2.13. The molecule has 0 aliphatic rings. The zero-order valence-electron chi connectivity index (χ0n) is 10.8. The lowest BCUT2D eigenvalue weighted by atomic mass is 10.4. The summed E-state index contributed by atoms with van der Waals surface area (Å²) in [7, 11) is 1.68. The number of thiocarbonyl (C=S) groups is 1. The van der Waals surface area contributed by atoms with Crippen LogP contribution in [0.3, 0.4) is 0 Å². The van der Waals surface area contributed by atoms with Crippen molar-refractivity contribution in [2.45, 2.75) is 20.1 Å². The van der Waals surface area contributed by atoms with Gasteiger partial charge in [-0.25, -0.2) is 4.68 Å². The molecule has 0 aromatic carbocycles. The van der Waals surface area contributed by atoms with Gasteiger partial charge in [0.2, 0.25) is 0 Å². The van der Waals surface area contributed by atoms with Crippen LogP contribution in [0, 0.1) is 0 Å². The monoisotopic (exact) mass is 272 g/mol. The molecule has 2 N–H and O–H groups in total. The molecule has 7 heteroatoms. The Balaban J connectivity index is 2.24. The highest BCUT2D eigenvalue weighted by atomic mass is 32.1. The molecule has 1 aromatic heterocycles. The van der Waals surface area contributed by atoms with E-state index >= 15 is 0 Å². The third-order valence-corrected chi connectivity index (χ3v) is 2.38. The Labute approximate surface area is 113 Å². The van der Waals surface area contributed by atoms with Gasteiger partial charge in [0.25, 0.3) is 0 Å². The summed E-state index contributed by atoms with van der Waals surface area (Å²) in [6.07, 6.45) is 4.48. The second kappa shape index (κ2) is 8.84. The molecule has 1 rings (SSSR count). The molecule has 0 aliphatic heterocycles. The smallest absolute Gasteiger partial charge is 0.170 e. The van der Waals surface area contributed by atoms with Crippen molar-refractivity contribution >= 4 is 23.0 Å². The number of methoxy groups -OCH3 is 1. The van der Waals surface area contributed by atoms with Crippen LogP contribution < -0.4 is 10.6 Å². The highest BCUT2D eigenvalue weighted by molar-refractivity contribution is 7.80. The van der Waals surface area contributed by atoms with Crippen molar-refractivity contribution in [2.24, 2.45) is 0 Å². The Bertz CT molecular complexity index is 357. The molecule has 0 bridgehead atoms. The molecule has 0 atom stereocenters. The van der Waals surface area contributed by atoms with Gasteiger partial charge in [0.05, 0.1) is 18.1 Å². The van der Waals surface area contributed by atoms with E-state index in [4.69, 9.17) is 21.7 Å². The van der Waals surface area contributed by atoms with Crippen molar-refractivity contribution in [3.8, 4) is 0 Å². The summed E-state index contributed by atoms with van der Waals surface area (Å²) in [5.74, 6) is 0. The van der Waals surface area contributed by atoms with Crippen LogP contribution in [0.2, 0.25) is 0 Å². The summed E-state index contributed by atoms with van der Waals surface area (Å²) in [4.78, 5) is 0. The van der Waals surface area contributed by atoms with E-state index < -0.39 is 0 Å². The first-order valence-electron chi connectivity index (χ1n) is 5.90. The Hall–Kier alpha value is -1.18. The molecule has 1 heterocycles. The molecule has 102 valence electrons. The van der Waals surface area contributed by atoms with Crippen LogP contribution in [-0.2, 0) is 16.2 Å². The summed E-state index contributed by atoms with van der Waals surface area (Å²) >= 11 is 5.15. The maximum absolute atomic E-state index is 5.24. The van der Waals surface area contributed by atoms with Crippen LogP contribution in [-0.4, -0.2) is 41.8 Å². The van der Waals surface area contributed by atoms with Gasteiger partial charge >= 0.3 is 0 Å². The summed E-state index contributed by atoms with van der Waals surface area (Å²) in [5, 5.41) is 10.9. The van der Waals surface area contributed by atoms with Gasteiger partial charge in [0.1, 0.15) is 6.73 Å². The second-order valence-electron chi connectivity index (χ2n) is 3.62. The highest BCUT2D eigenvalue weighted by Crippen LogP contribution is 2.04. The van der Waals surface area contributed by atoms with Gasteiger partial charge in [0, 0.05) is 26.9 Å². The van der Waals surface area contributed by atoms with Crippen molar-refractivity contribution < 1.29 is 9.47 Å². The van der Waals surface area contributed by atoms with E-state index in [1.54, 1.807) is 18.0 Å². The van der Waals surface area contributed by atoms with Gasteiger partial charge in [-0.2, -0.15) is 5.10 Å². The molecule has 6 nitrogen and oxygen atoms in total. The Morgan fingerprint density at radius 2 is 2.39 bits per heavy atom. The first-order chi connectivity index (χ1) is 8.76. The van der Waals surface area contributed by atoms with E-state index in [1.165, 1.54) is 0 Å². The lowest BCUT2D eigenvalue weighted by Gasteiger charge is -2.08. The Morgan fingerprint density at radius 1 is 1.56 bits per heavy atom. The van der Waals surface area contributed by atoms with E-state index in [9.17, 15) is 0 Å². The number of nitrogens with one attached hydrogen (secondary N) is 2. The molecule has 0 saturated heterocycles. The van der Waals surface area contributed by atoms with E-state index in [0.717, 1.165) is 25.3 Å². The summed E-state index contributed by atoms with van der Waals surface area (Å²) in [5.41, 5.74) is 0.846. The van der Waals surface area contributed by atoms with Crippen LogP contribution in [0.1, 0.15) is 13.3 Å². The minimum Gasteiger partial charge on any atom is -0.385 e. The number of aromatic nitrogens is 2. The fourth-order valence-corrected chi connectivity index (χ4v) is 1.50. The maximum Gasteiger partial charge on any atom is 0.170 e. The minimum absolute atomic E-state index is 0.451.